The van der Waals surface area contributed by atoms with Crippen molar-refractivity contribution in [2.75, 3.05) is 0 Å². The Labute approximate surface area is 157 Å². The van der Waals surface area contributed by atoms with Gasteiger partial charge in [-0.25, -0.2) is 4.79 Å². The Kier molecular flexibility index (Phi) is 9.28. The number of esters is 1. The number of carbonyl (C=O) groups excluding carboxylic acids is 3. The molecule has 0 spiro atoms. The van der Waals surface area contributed by atoms with Crippen molar-refractivity contribution < 1.29 is 23.9 Å². The van der Waals surface area contributed by atoms with Gasteiger partial charge < -0.3 is 20.1 Å². The minimum absolute atomic E-state index is 0.196. The molecule has 152 valence electrons. The number of hydrogen-bond acceptors (Lipinski definition) is 5. The lowest BCUT2D eigenvalue weighted by Gasteiger charge is -2.32. The molecule has 2 amide bonds. The molecule has 0 saturated carbocycles. The van der Waals surface area contributed by atoms with Gasteiger partial charge in [-0.2, -0.15) is 0 Å². The van der Waals surface area contributed by atoms with E-state index >= 15 is 0 Å². The van der Waals surface area contributed by atoms with E-state index in [0.29, 0.717) is 12.8 Å². The highest BCUT2D eigenvalue weighted by atomic mass is 16.6. The molecule has 2 N–H and O–H groups in total. The number of ether oxygens (including phenoxy) is 2. The van der Waals surface area contributed by atoms with Crippen molar-refractivity contribution in [1.82, 2.24) is 10.6 Å². The van der Waals surface area contributed by atoms with Crippen molar-refractivity contribution >= 4 is 18.3 Å². The van der Waals surface area contributed by atoms with Gasteiger partial charge in [-0.05, 0) is 60.8 Å². The lowest BCUT2D eigenvalue weighted by atomic mass is 10.0. The van der Waals surface area contributed by atoms with Crippen molar-refractivity contribution in [3.63, 3.8) is 0 Å². The largest absolute Gasteiger partial charge is 0.458 e. The zero-order valence-electron chi connectivity index (χ0n) is 17.6. The highest BCUT2D eigenvalue weighted by molar-refractivity contribution is 5.89. The quantitative estimate of drug-likeness (QED) is 0.478. The second-order valence-corrected chi connectivity index (χ2v) is 8.92. The molecule has 0 rings (SSSR count). The van der Waals surface area contributed by atoms with Crippen LogP contribution in [-0.2, 0) is 23.9 Å². The Balaban J connectivity index is 5.39. The molecule has 0 fully saturated rings. The van der Waals surface area contributed by atoms with Crippen molar-refractivity contribution in [1.29, 1.82) is 0 Å². The first-order valence-corrected chi connectivity index (χ1v) is 9.07. The van der Waals surface area contributed by atoms with Crippen LogP contribution in [0.5, 0.6) is 0 Å². The third-order valence-electron chi connectivity index (χ3n) is 3.26. The highest BCUT2D eigenvalue weighted by Crippen LogP contribution is 2.17. The summed E-state index contributed by atoms with van der Waals surface area (Å²) in [7, 11) is 0. The molecule has 0 aromatic heterocycles. The highest BCUT2D eigenvalue weighted by Gasteiger charge is 2.35. The first kappa shape index (κ1) is 24.4. The van der Waals surface area contributed by atoms with Gasteiger partial charge in [0.2, 0.25) is 12.3 Å². The van der Waals surface area contributed by atoms with Crippen LogP contribution in [0.15, 0.2) is 0 Å². The zero-order valence-corrected chi connectivity index (χ0v) is 17.6. The second kappa shape index (κ2) is 9.90. The zero-order chi connectivity index (χ0) is 20.7. The average molecular weight is 373 g/mol. The van der Waals surface area contributed by atoms with Crippen LogP contribution < -0.4 is 10.6 Å². The van der Waals surface area contributed by atoms with Crippen LogP contribution in [0.2, 0.25) is 0 Å². The third kappa shape index (κ3) is 10.4. The summed E-state index contributed by atoms with van der Waals surface area (Å²) in [5.41, 5.74) is -1.19. The third-order valence-corrected chi connectivity index (χ3v) is 3.26. The van der Waals surface area contributed by atoms with Gasteiger partial charge in [-0.1, -0.05) is 13.8 Å². The molecule has 0 aromatic rings. The van der Waals surface area contributed by atoms with Crippen molar-refractivity contribution in [2.45, 2.75) is 98.1 Å². The van der Waals surface area contributed by atoms with Crippen LogP contribution in [-0.4, -0.2) is 47.7 Å². The Morgan fingerprint density at radius 3 is 1.92 bits per heavy atom. The first-order chi connectivity index (χ1) is 11.7. The van der Waals surface area contributed by atoms with Crippen LogP contribution >= 0.6 is 0 Å². The van der Waals surface area contributed by atoms with E-state index in [0.717, 1.165) is 0 Å². The molecule has 26 heavy (non-hydrogen) atoms. The summed E-state index contributed by atoms with van der Waals surface area (Å²) in [5, 5.41) is 5.20. The standard InChI is InChI=1S/C19H36N2O5/c1-12(2)10-14(20-11-22)16(23)21-15(13(3)25-18(4,5)6)17(24)26-19(7,8)9/h11-15H,10H2,1-9H3,(H,20,22)(H,21,23)/t13-,14+,15+/m1/s1. The average Bonchev–Trinajstić information content (AvgIpc) is 2.39. The molecular formula is C19H36N2O5. The van der Waals surface area contributed by atoms with Crippen LogP contribution in [0.3, 0.4) is 0 Å². The van der Waals surface area contributed by atoms with Crippen LogP contribution in [0, 0.1) is 5.92 Å². The molecule has 0 aliphatic heterocycles. The van der Waals surface area contributed by atoms with Crippen LogP contribution in [0.4, 0.5) is 0 Å². The Hall–Kier alpha value is -1.63. The van der Waals surface area contributed by atoms with E-state index in [4.69, 9.17) is 9.47 Å². The molecule has 0 unspecified atom stereocenters. The second-order valence-electron chi connectivity index (χ2n) is 8.92. The molecule has 3 atom stereocenters. The van der Waals surface area contributed by atoms with Gasteiger partial charge in [0.25, 0.3) is 0 Å². The maximum atomic E-state index is 12.6. The van der Waals surface area contributed by atoms with Gasteiger partial charge in [-0.3, -0.25) is 9.59 Å². The van der Waals surface area contributed by atoms with E-state index in [1.165, 1.54) is 0 Å². The molecule has 7 nitrogen and oxygen atoms in total. The topological polar surface area (TPSA) is 93.7 Å². The number of rotatable bonds is 9. The Bertz CT molecular complexity index is 477. The lowest BCUT2D eigenvalue weighted by molar-refractivity contribution is -0.166. The fraction of sp³-hybridized carbons (Fsp3) is 0.842. The molecule has 0 aliphatic carbocycles. The van der Waals surface area contributed by atoms with E-state index in [1.807, 2.05) is 34.6 Å². The molecule has 0 heterocycles. The van der Waals surface area contributed by atoms with Gasteiger partial charge in [-0.15, -0.1) is 0 Å². The molecule has 0 aliphatic rings. The monoisotopic (exact) mass is 372 g/mol. The van der Waals surface area contributed by atoms with Gasteiger partial charge in [0.1, 0.15) is 11.6 Å². The van der Waals surface area contributed by atoms with Gasteiger partial charge >= 0.3 is 5.97 Å². The van der Waals surface area contributed by atoms with Gasteiger partial charge in [0.15, 0.2) is 6.04 Å². The van der Waals surface area contributed by atoms with Crippen molar-refractivity contribution in [2.24, 2.45) is 5.92 Å². The van der Waals surface area contributed by atoms with E-state index in [1.54, 1.807) is 27.7 Å². The number of hydrogen-bond donors (Lipinski definition) is 2. The van der Waals surface area contributed by atoms with E-state index in [-0.39, 0.29) is 5.92 Å². The molecule has 0 radical (unpaired) electrons. The van der Waals surface area contributed by atoms with Crippen molar-refractivity contribution in [3.05, 3.63) is 0 Å². The number of nitrogens with one attached hydrogen (secondary N) is 2. The Morgan fingerprint density at radius 2 is 1.54 bits per heavy atom. The maximum absolute atomic E-state index is 12.6. The predicted molar refractivity (Wildman–Crippen MR) is 101 cm³/mol. The van der Waals surface area contributed by atoms with Crippen molar-refractivity contribution in [3.8, 4) is 0 Å². The van der Waals surface area contributed by atoms with E-state index in [9.17, 15) is 14.4 Å². The summed E-state index contributed by atoms with van der Waals surface area (Å²) in [4.78, 5) is 36.1. The fourth-order valence-corrected chi connectivity index (χ4v) is 2.42. The van der Waals surface area contributed by atoms with E-state index in [2.05, 4.69) is 10.6 Å². The number of amides is 2. The van der Waals surface area contributed by atoms with Crippen LogP contribution in [0.1, 0.15) is 68.7 Å². The molecule has 7 heteroatoms. The molecular weight excluding hydrogens is 336 g/mol. The first-order valence-electron chi connectivity index (χ1n) is 9.07. The summed E-state index contributed by atoms with van der Waals surface area (Å²) < 4.78 is 11.3. The number of carbonyl (C=O) groups is 3. The summed E-state index contributed by atoms with van der Waals surface area (Å²) in [6.45, 7) is 16.5. The summed E-state index contributed by atoms with van der Waals surface area (Å²) in [5.74, 6) is -0.815. The van der Waals surface area contributed by atoms with Crippen LogP contribution in [0.25, 0.3) is 0 Å². The minimum Gasteiger partial charge on any atom is -0.458 e. The summed E-state index contributed by atoms with van der Waals surface area (Å²) >= 11 is 0. The normalized spacial score (nSPS) is 15.8. The maximum Gasteiger partial charge on any atom is 0.331 e. The molecule has 0 bridgehead atoms. The summed E-state index contributed by atoms with van der Waals surface area (Å²) in [6.07, 6.45) is 0.342. The summed E-state index contributed by atoms with van der Waals surface area (Å²) in [6, 6.07) is -1.71. The van der Waals surface area contributed by atoms with Gasteiger partial charge in [0.05, 0.1) is 11.7 Å². The molecule has 0 saturated heterocycles. The van der Waals surface area contributed by atoms with E-state index < -0.39 is 41.3 Å². The predicted octanol–water partition coefficient (Wildman–Crippen LogP) is 2.18. The smallest absolute Gasteiger partial charge is 0.331 e. The Morgan fingerprint density at radius 1 is 1.00 bits per heavy atom. The lowest BCUT2D eigenvalue weighted by Crippen LogP contribution is -2.56. The van der Waals surface area contributed by atoms with Gasteiger partial charge in [0, 0.05) is 0 Å². The SMILES string of the molecule is CC(C)C[C@H](NC=O)C(=O)N[C@H](C(=O)OC(C)(C)C)[C@@H](C)OC(C)(C)C. The minimum atomic E-state index is -0.982. The fourth-order valence-electron chi connectivity index (χ4n) is 2.42. The molecule has 0 aromatic carbocycles.